The first-order valence-corrected chi connectivity index (χ1v) is 6.44. The summed E-state index contributed by atoms with van der Waals surface area (Å²) in [4.78, 5) is 14.3. The number of para-hydroxylation sites is 1. The third-order valence-electron chi connectivity index (χ3n) is 3.77. The van der Waals surface area contributed by atoms with Gasteiger partial charge in [-0.1, -0.05) is 18.2 Å². The van der Waals surface area contributed by atoms with Crippen molar-refractivity contribution in [1.82, 2.24) is 4.90 Å². The Morgan fingerprint density at radius 2 is 2.00 bits per heavy atom. The molecule has 0 radical (unpaired) electrons. The van der Waals surface area contributed by atoms with Crippen molar-refractivity contribution in [3.63, 3.8) is 0 Å². The second-order valence-electron chi connectivity index (χ2n) is 4.96. The van der Waals surface area contributed by atoms with E-state index in [0.29, 0.717) is 32.5 Å². The van der Waals surface area contributed by atoms with Gasteiger partial charge in [-0.3, -0.25) is 4.79 Å². The summed E-state index contributed by atoms with van der Waals surface area (Å²) in [6, 6.07) is 7.73. The van der Waals surface area contributed by atoms with E-state index in [2.05, 4.69) is 0 Å². The molecule has 1 aromatic carbocycles. The molecule has 18 heavy (non-hydrogen) atoms. The van der Waals surface area contributed by atoms with Crippen molar-refractivity contribution in [3.8, 4) is 5.75 Å². The Morgan fingerprint density at radius 3 is 2.78 bits per heavy atom. The average molecular weight is 247 g/mol. The number of aliphatic hydroxyl groups is 1. The van der Waals surface area contributed by atoms with Gasteiger partial charge >= 0.3 is 0 Å². The number of piperidine rings is 1. The molecule has 1 atom stereocenters. The van der Waals surface area contributed by atoms with Crippen molar-refractivity contribution < 1.29 is 14.6 Å². The van der Waals surface area contributed by atoms with E-state index in [9.17, 15) is 9.90 Å². The van der Waals surface area contributed by atoms with Gasteiger partial charge in [0.2, 0.25) is 5.91 Å². The number of rotatable bonds is 1. The summed E-state index contributed by atoms with van der Waals surface area (Å²) in [5, 5.41) is 9.47. The largest absolute Gasteiger partial charge is 0.492 e. The first kappa shape index (κ1) is 11.5. The number of hydrogen-bond acceptors (Lipinski definition) is 3. The first-order chi connectivity index (χ1) is 8.75. The zero-order valence-electron chi connectivity index (χ0n) is 10.2. The molecule has 1 fully saturated rings. The van der Waals surface area contributed by atoms with E-state index < -0.39 is 0 Å². The highest BCUT2D eigenvalue weighted by molar-refractivity contribution is 5.85. The highest BCUT2D eigenvalue weighted by Gasteiger charge is 2.34. The number of carbonyl (C=O) groups excluding carboxylic acids is 1. The molecule has 1 aromatic rings. The molecular weight excluding hydrogens is 230 g/mol. The molecule has 0 aliphatic carbocycles. The van der Waals surface area contributed by atoms with Gasteiger partial charge in [0.1, 0.15) is 18.3 Å². The molecule has 2 aliphatic heterocycles. The topological polar surface area (TPSA) is 49.8 Å². The number of fused-ring (bicyclic) bond motifs is 1. The number of benzene rings is 1. The lowest BCUT2D eigenvalue weighted by Gasteiger charge is -2.31. The smallest absolute Gasteiger partial charge is 0.233 e. The highest BCUT2D eigenvalue weighted by Crippen LogP contribution is 2.35. The standard InChI is InChI=1S/C14H17NO3/c16-10-5-7-15(8-6-10)14(17)12-9-18-13-4-2-1-3-11(12)13/h1-4,10,12,16H,5-9H2. The Morgan fingerprint density at radius 1 is 1.28 bits per heavy atom. The fraction of sp³-hybridized carbons (Fsp3) is 0.500. The van der Waals surface area contributed by atoms with Gasteiger partial charge in [-0.2, -0.15) is 0 Å². The highest BCUT2D eigenvalue weighted by atomic mass is 16.5. The molecule has 2 aliphatic rings. The second-order valence-corrected chi connectivity index (χ2v) is 4.96. The molecule has 0 saturated carbocycles. The van der Waals surface area contributed by atoms with Crippen molar-refractivity contribution in [2.45, 2.75) is 24.9 Å². The molecule has 2 heterocycles. The molecule has 0 aromatic heterocycles. The molecule has 96 valence electrons. The Balaban J connectivity index is 1.74. The maximum absolute atomic E-state index is 12.4. The van der Waals surface area contributed by atoms with Crippen LogP contribution in [0.25, 0.3) is 0 Å². The van der Waals surface area contributed by atoms with Gasteiger partial charge < -0.3 is 14.7 Å². The van der Waals surface area contributed by atoms with Crippen molar-refractivity contribution >= 4 is 5.91 Å². The minimum atomic E-state index is -0.249. The number of hydrogen-bond donors (Lipinski definition) is 1. The summed E-state index contributed by atoms with van der Waals surface area (Å²) in [5.74, 6) is 0.788. The van der Waals surface area contributed by atoms with Gasteiger partial charge in [0, 0.05) is 18.7 Å². The first-order valence-electron chi connectivity index (χ1n) is 6.44. The molecule has 1 saturated heterocycles. The molecular formula is C14H17NO3. The fourth-order valence-corrected chi connectivity index (χ4v) is 2.67. The van der Waals surface area contributed by atoms with Crippen LogP contribution in [0.3, 0.4) is 0 Å². The van der Waals surface area contributed by atoms with Crippen LogP contribution in [0.1, 0.15) is 24.3 Å². The van der Waals surface area contributed by atoms with E-state index in [1.807, 2.05) is 29.2 Å². The number of likely N-dealkylation sites (tertiary alicyclic amines) is 1. The quantitative estimate of drug-likeness (QED) is 0.809. The number of carbonyl (C=O) groups is 1. The number of nitrogens with zero attached hydrogens (tertiary/aromatic N) is 1. The number of ether oxygens (including phenoxy) is 1. The molecule has 4 heteroatoms. The summed E-state index contributed by atoms with van der Waals surface area (Å²) >= 11 is 0. The lowest BCUT2D eigenvalue weighted by Crippen LogP contribution is -2.42. The van der Waals surface area contributed by atoms with Crippen LogP contribution >= 0.6 is 0 Å². The molecule has 4 nitrogen and oxygen atoms in total. The summed E-state index contributed by atoms with van der Waals surface area (Å²) in [6.45, 7) is 1.74. The Hall–Kier alpha value is -1.55. The van der Waals surface area contributed by atoms with Crippen LogP contribution in [0.5, 0.6) is 5.75 Å². The van der Waals surface area contributed by atoms with Crippen LogP contribution in [-0.2, 0) is 4.79 Å². The van der Waals surface area contributed by atoms with E-state index in [1.54, 1.807) is 0 Å². The Bertz CT molecular complexity index is 452. The van der Waals surface area contributed by atoms with Gasteiger partial charge in [0.15, 0.2) is 0 Å². The lowest BCUT2D eigenvalue weighted by molar-refractivity contribution is -0.135. The zero-order valence-corrected chi connectivity index (χ0v) is 10.2. The predicted octanol–water partition coefficient (Wildman–Crippen LogP) is 1.15. The lowest BCUT2D eigenvalue weighted by atomic mass is 9.98. The van der Waals surface area contributed by atoms with Gasteiger partial charge in [0.25, 0.3) is 0 Å². The molecule has 1 unspecified atom stereocenters. The SMILES string of the molecule is O=C(C1COc2ccccc21)N1CCC(O)CC1. The van der Waals surface area contributed by atoms with Gasteiger partial charge in [-0.05, 0) is 18.9 Å². The van der Waals surface area contributed by atoms with E-state index >= 15 is 0 Å². The molecule has 1 N–H and O–H groups in total. The van der Waals surface area contributed by atoms with Gasteiger partial charge in [-0.15, -0.1) is 0 Å². The molecule has 0 spiro atoms. The minimum absolute atomic E-state index is 0.131. The number of aliphatic hydroxyl groups excluding tert-OH is 1. The second kappa shape index (κ2) is 4.61. The van der Waals surface area contributed by atoms with E-state index in [0.717, 1.165) is 11.3 Å². The summed E-state index contributed by atoms with van der Waals surface area (Å²) in [5.41, 5.74) is 0.994. The van der Waals surface area contributed by atoms with Crippen LogP contribution in [-0.4, -0.2) is 41.7 Å². The average Bonchev–Trinajstić information content (AvgIpc) is 2.82. The number of amides is 1. The van der Waals surface area contributed by atoms with Crippen molar-refractivity contribution in [2.75, 3.05) is 19.7 Å². The maximum atomic E-state index is 12.4. The molecule has 1 amide bonds. The zero-order chi connectivity index (χ0) is 12.5. The molecule has 0 bridgehead atoms. The Kier molecular flexibility index (Phi) is 2.96. The van der Waals surface area contributed by atoms with E-state index in [1.165, 1.54) is 0 Å². The predicted molar refractivity (Wildman–Crippen MR) is 66.5 cm³/mol. The van der Waals surface area contributed by atoms with Crippen molar-refractivity contribution in [2.24, 2.45) is 0 Å². The normalized spacial score (nSPS) is 23.6. The van der Waals surface area contributed by atoms with Gasteiger partial charge in [-0.25, -0.2) is 0 Å². The van der Waals surface area contributed by atoms with Crippen LogP contribution in [0.15, 0.2) is 24.3 Å². The summed E-state index contributed by atoms with van der Waals surface area (Å²) in [7, 11) is 0. The van der Waals surface area contributed by atoms with Crippen molar-refractivity contribution in [3.05, 3.63) is 29.8 Å². The minimum Gasteiger partial charge on any atom is -0.492 e. The third-order valence-corrected chi connectivity index (χ3v) is 3.77. The van der Waals surface area contributed by atoms with Crippen LogP contribution < -0.4 is 4.74 Å². The van der Waals surface area contributed by atoms with Crippen molar-refractivity contribution in [1.29, 1.82) is 0 Å². The summed E-state index contributed by atoms with van der Waals surface area (Å²) in [6.07, 6.45) is 1.11. The van der Waals surface area contributed by atoms with Crippen LogP contribution in [0.4, 0.5) is 0 Å². The van der Waals surface area contributed by atoms with E-state index in [-0.39, 0.29) is 17.9 Å². The van der Waals surface area contributed by atoms with E-state index in [4.69, 9.17) is 4.74 Å². The summed E-state index contributed by atoms with van der Waals surface area (Å²) < 4.78 is 5.55. The monoisotopic (exact) mass is 247 g/mol. The Labute approximate surface area is 106 Å². The third kappa shape index (κ3) is 1.97. The van der Waals surface area contributed by atoms with Gasteiger partial charge in [0.05, 0.1) is 6.10 Å². The maximum Gasteiger partial charge on any atom is 0.233 e. The fourth-order valence-electron chi connectivity index (χ4n) is 2.67. The van der Waals surface area contributed by atoms with Crippen LogP contribution in [0.2, 0.25) is 0 Å². The molecule has 3 rings (SSSR count). The van der Waals surface area contributed by atoms with Crippen LogP contribution in [0, 0.1) is 0 Å².